The molecule has 1 aliphatic rings. The number of carbonyl (C=O) groups is 2. The van der Waals surface area contributed by atoms with Crippen molar-refractivity contribution < 1.29 is 33.3 Å². The number of ether oxygens (including phenoxy) is 1. The first-order valence-electron chi connectivity index (χ1n) is 8.88. The number of hydrogen-bond donors (Lipinski definition) is 2. The van der Waals surface area contributed by atoms with Crippen molar-refractivity contribution in [3.05, 3.63) is 70.8 Å². The molecule has 0 saturated carbocycles. The van der Waals surface area contributed by atoms with E-state index in [0.29, 0.717) is 0 Å². The summed E-state index contributed by atoms with van der Waals surface area (Å²) in [4.78, 5) is 26.3. The normalized spacial score (nSPS) is 18.3. The molecule has 1 amide bonds. The molecule has 0 radical (unpaired) electrons. The van der Waals surface area contributed by atoms with Crippen molar-refractivity contribution >= 4 is 17.4 Å². The Bertz CT molecular complexity index is 989. The number of rotatable bonds is 6. The molecule has 29 heavy (non-hydrogen) atoms. The number of methoxy groups -OCH3 is 1. The van der Waals surface area contributed by atoms with Gasteiger partial charge in [0, 0.05) is 24.3 Å². The molecule has 0 bridgehead atoms. The average Bonchev–Trinajstić information content (AvgIpc) is 2.96. The van der Waals surface area contributed by atoms with Crippen molar-refractivity contribution in [3.63, 3.8) is 0 Å². The van der Waals surface area contributed by atoms with Crippen LogP contribution < -0.4 is 4.74 Å². The van der Waals surface area contributed by atoms with Crippen LogP contribution in [0.15, 0.2) is 48.0 Å². The molecule has 1 unspecified atom stereocenters. The van der Waals surface area contributed by atoms with E-state index in [-0.39, 0.29) is 42.0 Å². The molecule has 1 atom stereocenters. The van der Waals surface area contributed by atoms with Crippen molar-refractivity contribution in [3.8, 4) is 5.75 Å². The molecule has 2 N–H and O–H groups in total. The number of aliphatic hydroxyl groups is 2. The maximum atomic E-state index is 14.5. The summed E-state index contributed by atoms with van der Waals surface area (Å²) < 4.78 is 33.4. The first kappa shape index (κ1) is 20.5. The van der Waals surface area contributed by atoms with E-state index in [1.165, 1.54) is 43.5 Å². The second kappa shape index (κ2) is 8.40. The Labute approximate surface area is 165 Å². The minimum atomic E-state index is -1.20. The molecule has 1 heterocycles. The summed E-state index contributed by atoms with van der Waals surface area (Å²) in [6.45, 7) is -0.259. The van der Waals surface area contributed by atoms with Crippen LogP contribution in [0.25, 0.3) is 5.76 Å². The molecular weight excluding hydrogens is 384 g/mol. The van der Waals surface area contributed by atoms with E-state index in [1.807, 2.05) is 0 Å². The van der Waals surface area contributed by atoms with Crippen LogP contribution in [-0.2, 0) is 9.59 Å². The summed E-state index contributed by atoms with van der Waals surface area (Å²) in [5, 5.41) is 19.9. The molecule has 6 nitrogen and oxygen atoms in total. The van der Waals surface area contributed by atoms with Crippen LogP contribution >= 0.6 is 0 Å². The second-order valence-electron chi connectivity index (χ2n) is 6.44. The summed E-state index contributed by atoms with van der Waals surface area (Å²) in [7, 11) is 1.28. The van der Waals surface area contributed by atoms with Gasteiger partial charge < -0.3 is 19.8 Å². The number of benzene rings is 2. The van der Waals surface area contributed by atoms with E-state index in [1.54, 1.807) is 0 Å². The van der Waals surface area contributed by atoms with Gasteiger partial charge in [-0.2, -0.15) is 0 Å². The van der Waals surface area contributed by atoms with Crippen LogP contribution in [0.3, 0.4) is 0 Å². The lowest BCUT2D eigenvalue weighted by molar-refractivity contribution is -0.140. The standard InChI is InChI=1S/C21H19F2NO5/c1-29-16-8-7-12(11-15(16)23)19(26)17-18(13-5-2-3-6-14(13)22)24(9-4-10-25)21(28)20(17)27/h2-3,5-8,11,18,25-26H,4,9-10H2,1H3/b19-17+. The Balaban J connectivity index is 2.19. The van der Waals surface area contributed by atoms with E-state index in [0.717, 1.165) is 11.0 Å². The Morgan fingerprint density at radius 1 is 1.14 bits per heavy atom. The highest BCUT2D eigenvalue weighted by Gasteiger charge is 2.46. The van der Waals surface area contributed by atoms with E-state index >= 15 is 0 Å². The largest absolute Gasteiger partial charge is 0.507 e. The predicted octanol–water partition coefficient (Wildman–Crippen LogP) is 2.78. The van der Waals surface area contributed by atoms with Gasteiger partial charge in [0.15, 0.2) is 11.6 Å². The fourth-order valence-electron chi connectivity index (χ4n) is 3.34. The van der Waals surface area contributed by atoms with Crippen molar-refractivity contribution in [1.82, 2.24) is 4.90 Å². The lowest BCUT2D eigenvalue weighted by atomic mass is 9.95. The van der Waals surface area contributed by atoms with Crippen molar-refractivity contribution in [2.24, 2.45) is 0 Å². The molecule has 1 fully saturated rings. The number of halogens is 2. The first-order valence-corrected chi connectivity index (χ1v) is 8.88. The second-order valence-corrected chi connectivity index (χ2v) is 6.44. The highest BCUT2D eigenvalue weighted by atomic mass is 19.1. The van der Waals surface area contributed by atoms with Gasteiger partial charge in [-0.15, -0.1) is 0 Å². The molecule has 0 aliphatic carbocycles. The Morgan fingerprint density at radius 2 is 1.86 bits per heavy atom. The van der Waals surface area contributed by atoms with Gasteiger partial charge >= 0.3 is 0 Å². The fourth-order valence-corrected chi connectivity index (χ4v) is 3.34. The lowest BCUT2D eigenvalue weighted by Crippen LogP contribution is -2.31. The molecule has 1 aliphatic heterocycles. The maximum absolute atomic E-state index is 14.5. The number of Topliss-reactive ketones (excluding diaryl/α,β-unsaturated/α-hetero) is 1. The Hall–Kier alpha value is -3.26. The quantitative estimate of drug-likeness (QED) is 0.440. The molecule has 2 aromatic carbocycles. The predicted molar refractivity (Wildman–Crippen MR) is 100 cm³/mol. The van der Waals surface area contributed by atoms with Crippen LogP contribution in [0.1, 0.15) is 23.6 Å². The van der Waals surface area contributed by atoms with Crippen LogP contribution in [-0.4, -0.2) is 47.1 Å². The number of hydrogen-bond acceptors (Lipinski definition) is 5. The number of ketones is 1. The third kappa shape index (κ3) is 3.71. The highest BCUT2D eigenvalue weighted by Crippen LogP contribution is 2.40. The van der Waals surface area contributed by atoms with Gasteiger partial charge in [0.1, 0.15) is 11.6 Å². The smallest absolute Gasteiger partial charge is 0.295 e. The van der Waals surface area contributed by atoms with Gasteiger partial charge in [-0.3, -0.25) is 9.59 Å². The van der Waals surface area contributed by atoms with Crippen LogP contribution in [0.2, 0.25) is 0 Å². The van der Waals surface area contributed by atoms with E-state index < -0.39 is 35.1 Å². The first-order chi connectivity index (χ1) is 13.9. The van der Waals surface area contributed by atoms with Gasteiger partial charge in [0.25, 0.3) is 11.7 Å². The minimum Gasteiger partial charge on any atom is -0.507 e. The molecular formula is C21H19F2NO5. The zero-order valence-electron chi connectivity index (χ0n) is 15.6. The molecule has 0 aromatic heterocycles. The van der Waals surface area contributed by atoms with Gasteiger partial charge in [0.2, 0.25) is 0 Å². The average molecular weight is 403 g/mol. The molecule has 1 saturated heterocycles. The SMILES string of the molecule is COc1ccc(/C(O)=C2\C(=O)C(=O)N(CCCO)C2c2ccccc2F)cc1F. The summed E-state index contributed by atoms with van der Waals surface area (Å²) in [5.74, 6) is -4.05. The number of amides is 1. The van der Waals surface area contributed by atoms with E-state index in [9.17, 15) is 23.5 Å². The molecule has 8 heteroatoms. The highest BCUT2D eigenvalue weighted by molar-refractivity contribution is 6.46. The molecule has 2 aromatic rings. The molecule has 0 spiro atoms. The zero-order valence-corrected chi connectivity index (χ0v) is 15.6. The Kier molecular flexibility index (Phi) is 5.93. The number of carbonyl (C=O) groups excluding carboxylic acids is 2. The third-order valence-electron chi connectivity index (χ3n) is 4.72. The van der Waals surface area contributed by atoms with E-state index in [2.05, 4.69) is 0 Å². The van der Waals surface area contributed by atoms with Gasteiger partial charge in [-0.25, -0.2) is 8.78 Å². The third-order valence-corrected chi connectivity index (χ3v) is 4.72. The summed E-state index contributed by atoms with van der Waals surface area (Å²) in [5.41, 5.74) is -0.382. The summed E-state index contributed by atoms with van der Waals surface area (Å²) in [6, 6.07) is 7.94. The van der Waals surface area contributed by atoms with Gasteiger partial charge in [-0.05, 0) is 30.7 Å². The minimum absolute atomic E-state index is 0.0140. The lowest BCUT2D eigenvalue weighted by Gasteiger charge is -2.25. The number of nitrogens with zero attached hydrogens (tertiary/aromatic N) is 1. The Morgan fingerprint density at radius 3 is 2.48 bits per heavy atom. The van der Waals surface area contributed by atoms with Crippen LogP contribution in [0, 0.1) is 11.6 Å². The monoisotopic (exact) mass is 403 g/mol. The van der Waals surface area contributed by atoms with Crippen LogP contribution in [0.4, 0.5) is 8.78 Å². The molecule has 152 valence electrons. The summed E-state index contributed by atoms with van der Waals surface area (Å²) in [6.07, 6.45) is 0.162. The topological polar surface area (TPSA) is 87.1 Å². The number of aliphatic hydroxyl groups excluding tert-OH is 2. The van der Waals surface area contributed by atoms with Crippen molar-refractivity contribution in [2.75, 3.05) is 20.3 Å². The van der Waals surface area contributed by atoms with Gasteiger partial charge in [-0.1, -0.05) is 18.2 Å². The number of likely N-dealkylation sites (tertiary alicyclic amines) is 1. The van der Waals surface area contributed by atoms with Crippen molar-refractivity contribution in [2.45, 2.75) is 12.5 Å². The summed E-state index contributed by atoms with van der Waals surface area (Å²) >= 11 is 0. The van der Waals surface area contributed by atoms with Crippen LogP contribution in [0.5, 0.6) is 5.75 Å². The van der Waals surface area contributed by atoms with Crippen molar-refractivity contribution in [1.29, 1.82) is 0 Å². The molecule has 3 rings (SSSR count). The van der Waals surface area contributed by atoms with Gasteiger partial charge in [0.05, 0.1) is 18.7 Å². The van der Waals surface area contributed by atoms with E-state index in [4.69, 9.17) is 9.84 Å². The fraction of sp³-hybridized carbons (Fsp3) is 0.238. The maximum Gasteiger partial charge on any atom is 0.295 e. The zero-order chi connectivity index (χ0) is 21.1.